The van der Waals surface area contributed by atoms with Crippen LogP contribution in [0, 0.1) is 11.7 Å². The molecule has 31 heavy (non-hydrogen) atoms. The van der Waals surface area contributed by atoms with Gasteiger partial charge in [-0.15, -0.1) is 0 Å². The minimum atomic E-state index is -0.244. The molecular formula is C25H30FN3O2. The molecule has 5 rings (SSSR count). The Hall–Kier alpha value is -2.60. The molecule has 3 aromatic rings. The third-order valence-electron chi connectivity index (χ3n) is 7.00. The van der Waals surface area contributed by atoms with Crippen molar-refractivity contribution in [3.63, 3.8) is 0 Å². The predicted octanol–water partition coefficient (Wildman–Crippen LogP) is 4.07. The summed E-state index contributed by atoms with van der Waals surface area (Å²) in [5, 5.41) is 0. The summed E-state index contributed by atoms with van der Waals surface area (Å²) in [4.78, 5) is 17.2. The zero-order chi connectivity index (χ0) is 21.4. The molecule has 164 valence electrons. The second-order valence-electron chi connectivity index (χ2n) is 8.95. The molecule has 1 unspecified atom stereocenters. The normalized spacial score (nSPS) is 19.3. The number of halogens is 1. The van der Waals surface area contributed by atoms with Gasteiger partial charge in [0.2, 0.25) is 0 Å². The van der Waals surface area contributed by atoms with Crippen LogP contribution in [-0.2, 0) is 19.4 Å². The Balaban J connectivity index is 1.18. The fourth-order valence-corrected chi connectivity index (χ4v) is 5.10. The van der Waals surface area contributed by atoms with Crippen molar-refractivity contribution in [2.75, 3.05) is 37.6 Å². The fourth-order valence-electron chi connectivity index (χ4n) is 5.10. The molecule has 0 N–H and O–H groups in total. The lowest BCUT2D eigenvalue weighted by atomic mass is 10.0. The van der Waals surface area contributed by atoms with Crippen molar-refractivity contribution in [1.29, 1.82) is 0 Å². The van der Waals surface area contributed by atoms with Crippen LogP contribution in [0.5, 0.6) is 0 Å². The number of hydrogen-bond acceptors (Lipinski definition) is 4. The molecule has 1 aliphatic heterocycles. The number of oxazole rings is 1. The van der Waals surface area contributed by atoms with E-state index in [0.717, 1.165) is 74.7 Å². The van der Waals surface area contributed by atoms with Crippen molar-refractivity contribution in [2.24, 2.45) is 5.92 Å². The molecule has 2 aliphatic rings. The summed E-state index contributed by atoms with van der Waals surface area (Å²) < 4.78 is 20.5. The highest BCUT2D eigenvalue weighted by Gasteiger charge is 2.23. The Morgan fingerprint density at radius 1 is 1.00 bits per heavy atom. The number of nitrogens with zero attached hydrogens (tertiary/aromatic N) is 3. The second kappa shape index (κ2) is 8.50. The van der Waals surface area contributed by atoms with E-state index in [1.165, 1.54) is 29.7 Å². The molecular weight excluding hydrogens is 393 g/mol. The molecule has 0 saturated carbocycles. The lowest BCUT2D eigenvalue weighted by Crippen LogP contribution is -2.46. The fraction of sp³-hybridized carbons (Fsp3) is 0.480. The number of aryl methyl sites for hydroxylation is 1. The Morgan fingerprint density at radius 2 is 1.71 bits per heavy atom. The topological polar surface area (TPSA) is 41.6 Å². The first-order valence-corrected chi connectivity index (χ1v) is 11.5. The van der Waals surface area contributed by atoms with E-state index >= 15 is 0 Å². The summed E-state index contributed by atoms with van der Waals surface area (Å²) in [7, 11) is 0. The minimum absolute atomic E-state index is 0.195. The first-order valence-electron chi connectivity index (χ1n) is 11.5. The second-order valence-corrected chi connectivity index (χ2v) is 8.95. The molecule has 2 heterocycles. The van der Waals surface area contributed by atoms with Crippen LogP contribution in [0.2, 0.25) is 0 Å². The molecule has 6 heteroatoms. The van der Waals surface area contributed by atoms with Gasteiger partial charge in [-0.1, -0.05) is 13.3 Å². The summed E-state index contributed by atoms with van der Waals surface area (Å²) in [6.45, 7) is 7.71. The van der Waals surface area contributed by atoms with Gasteiger partial charge in [0.1, 0.15) is 5.82 Å². The van der Waals surface area contributed by atoms with Crippen molar-refractivity contribution in [3.8, 4) is 0 Å². The number of benzene rings is 2. The van der Waals surface area contributed by atoms with Gasteiger partial charge in [-0.3, -0.25) is 9.47 Å². The number of aromatic nitrogens is 1. The smallest absolute Gasteiger partial charge is 0.408 e. The van der Waals surface area contributed by atoms with E-state index in [2.05, 4.69) is 28.9 Å². The van der Waals surface area contributed by atoms with Crippen LogP contribution in [0.4, 0.5) is 10.1 Å². The predicted molar refractivity (Wildman–Crippen MR) is 121 cm³/mol. The van der Waals surface area contributed by atoms with E-state index in [1.54, 1.807) is 0 Å². The van der Waals surface area contributed by atoms with Gasteiger partial charge in [0.25, 0.3) is 0 Å². The quantitative estimate of drug-likeness (QED) is 0.599. The van der Waals surface area contributed by atoms with Crippen LogP contribution < -0.4 is 10.7 Å². The standard InChI is InChI=1S/C25H30FN3O2/c1-2-18-14-19-16-23-24(17-20(19)15-18)31-25(30)29(23)9-3-8-27-10-12-28(13-11-27)22-6-4-21(26)5-7-22/h4-7,16-18H,2-3,8-15H2,1H3. The first-order chi connectivity index (χ1) is 15.1. The maximum absolute atomic E-state index is 13.1. The van der Waals surface area contributed by atoms with Crippen molar-refractivity contribution in [2.45, 2.75) is 39.2 Å². The van der Waals surface area contributed by atoms with Gasteiger partial charge in [-0.2, -0.15) is 0 Å². The van der Waals surface area contributed by atoms with Gasteiger partial charge >= 0.3 is 5.76 Å². The molecule has 1 atom stereocenters. The zero-order valence-corrected chi connectivity index (χ0v) is 18.1. The van der Waals surface area contributed by atoms with Gasteiger partial charge in [-0.25, -0.2) is 9.18 Å². The minimum Gasteiger partial charge on any atom is -0.408 e. The Bertz CT molecular complexity index is 1110. The Morgan fingerprint density at radius 3 is 2.42 bits per heavy atom. The summed E-state index contributed by atoms with van der Waals surface area (Å²) in [6.07, 6.45) is 4.32. The summed E-state index contributed by atoms with van der Waals surface area (Å²) in [6, 6.07) is 11.0. The van der Waals surface area contributed by atoms with E-state index in [1.807, 2.05) is 16.7 Å². The molecule has 1 aromatic heterocycles. The lowest BCUT2D eigenvalue weighted by Gasteiger charge is -2.36. The van der Waals surface area contributed by atoms with Crippen LogP contribution in [0.3, 0.4) is 0 Å². The number of hydrogen-bond donors (Lipinski definition) is 0. The van der Waals surface area contributed by atoms with E-state index in [-0.39, 0.29) is 11.6 Å². The highest BCUT2D eigenvalue weighted by molar-refractivity contribution is 5.75. The molecule has 0 spiro atoms. The van der Waals surface area contributed by atoms with Crippen LogP contribution in [0.15, 0.2) is 45.6 Å². The van der Waals surface area contributed by atoms with Gasteiger partial charge < -0.3 is 9.32 Å². The van der Waals surface area contributed by atoms with Crippen LogP contribution >= 0.6 is 0 Å². The lowest BCUT2D eigenvalue weighted by molar-refractivity contribution is 0.250. The third kappa shape index (κ3) is 4.13. The SMILES string of the molecule is CCC1Cc2cc3oc(=O)n(CCCN4CCN(c5ccc(F)cc5)CC4)c3cc2C1. The molecule has 1 saturated heterocycles. The van der Waals surface area contributed by atoms with Crippen LogP contribution in [0.25, 0.3) is 11.1 Å². The van der Waals surface area contributed by atoms with E-state index in [0.29, 0.717) is 6.54 Å². The van der Waals surface area contributed by atoms with Crippen LogP contribution in [-0.4, -0.2) is 42.2 Å². The largest absolute Gasteiger partial charge is 0.419 e. The average Bonchev–Trinajstić information content (AvgIpc) is 3.32. The maximum Gasteiger partial charge on any atom is 0.419 e. The van der Waals surface area contributed by atoms with Gasteiger partial charge in [0.05, 0.1) is 5.52 Å². The number of anilines is 1. The summed E-state index contributed by atoms with van der Waals surface area (Å²) >= 11 is 0. The maximum atomic E-state index is 13.1. The highest BCUT2D eigenvalue weighted by Crippen LogP contribution is 2.32. The average molecular weight is 424 g/mol. The van der Waals surface area contributed by atoms with E-state index in [4.69, 9.17) is 4.42 Å². The number of fused-ring (bicyclic) bond motifs is 2. The van der Waals surface area contributed by atoms with Crippen molar-refractivity contribution >= 4 is 16.8 Å². The number of rotatable bonds is 6. The van der Waals surface area contributed by atoms with Gasteiger partial charge in [0.15, 0.2) is 5.58 Å². The molecule has 0 bridgehead atoms. The molecule has 2 aromatic carbocycles. The molecule has 0 radical (unpaired) electrons. The summed E-state index contributed by atoms with van der Waals surface area (Å²) in [5.41, 5.74) is 5.48. The molecule has 1 fully saturated rings. The summed E-state index contributed by atoms with van der Waals surface area (Å²) in [5.74, 6) is 0.279. The molecule has 1 aliphatic carbocycles. The molecule has 0 amide bonds. The van der Waals surface area contributed by atoms with E-state index < -0.39 is 0 Å². The molecule has 5 nitrogen and oxygen atoms in total. The van der Waals surface area contributed by atoms with Crippen molar-refractivity contribution < 1.29 is 8.81 Å². The first kappa shape index (κ1) is 20.3. The Kier molecular flexibility index (Phi) is 5.57. The Labute approximate surface area is 182 Å². The zero-order valence-electron chi connectivity index (χ0n) is 18.1. The van der Waals surface area contributed by atoms with Gasteiger partial charge in [0, 0.05) is 38.4 Å². The van der Waals surface area contributed by atoms with E-state index in [9.17, 15) is 9.18 Å². The third-order valence-corrected chi connectivity index (χ3v) is 7.00. The van der Waals surface area contributed by atoms with Crippen LogP contribution in [0.1, 0.15) is 30.9 Å². The number of piperazine rings is 1. The monoisotopic (exact) mass is 423 g/mol. The van der Waals surface area contributed by atoms with Crippen molar-refractivity contribution in [3.05, 3.63) is 63.9 Å². The highest BCUT2D eigenvalue weighted by atomic mass is 19.1. The van der Waals surface area contributed by atoms with Crippen molar-refractivity contribution in [1.82, 2.24) is 9.47 Å². The van der Waals surface area contributed by atoms with Gasteiger partial charge in [-0.05, 0) is 79.3 Å².